The molecule has 7 N–H and O–H groups in total. The number of phosphoric ester groups is 1. The molecule has 16 heteroatoms. The average Bonchev–Trinajstić information content (AvgIpc) is 3.28. The summed E-state index contributed by atoms with van der Waals surface area (Å²) in [5.41, 5.74) is 0. The molecule has 1 aliphatic carbocycles. The highest BCUT2D eigenvalue weighted by Gasteiger charge is 2.47. The minimum absolute atomic E-state index is 0.0204. The van der Waals surface area contributed by atoms with Crippen LogP contribution in [0.5, 0.6) is 0 Å². The van der Waals surface area contributed by atoms with Crippen molar-refractivity contribution in [3.8, 4) is 0 Å². The Hall–Kier alpha value is -3.08. The van der Waals surface area contributed by atoms with Gasteiger partial charge in [-0.3, -0.25) is 23.4 Å². The molecule has 15 nitrogen and oxygen atoms in total. The van der Waals surface area contributed by atoms with Gasteiger partial charge in [-0.05, 0) is 70.3 Å². The van der Waals surface area contributed by atoms with E-state index in [-0.39, 0.29) is 19.3 Å². The molecule has 370 valence electrons. The third kappa shape index (κ3) is 25.0. The third-order valence-electron chi connectivity index (χ3n) is 11.3. The normalized spacial score (nSPS) is 30.7. The molecular formula is C49H79O15P. The maximum absolute atomic E-state index is 13.5. The summed E-state index contributed by atoms with van der Waals surface area (Å²) in [6.45, 7) is 2.80. The van der Waals surface area contributed by atoms with E-state index in [9.17, 15) is 54.5 Å². The van der Waals surface area contributed by atoms with Gasteiger partial charge in [-0.2, -0.15) is 0 Å². The molecule has 0 saturated carbocycles. The van der Waals surface area contributed by atoms with Crippen LogP contribution in [0.25, 0.3) is 0 Å². The summed E-state index contributed by atoms with van der Waals surface area (Å²) in [4.78, 5) is 49.9. The average molecular weight is 939 g/mol. The van der Waals surface area contributed by atoms with E-state index in [1.165, 1.54) is 56.8 Å². The summed E-state index contributed by atoms with van der Waals surface area (Å²) in [7, 11) is -5.43. The predicted molar refractivity (Wildman–Crippen MR) is 248 cm³/mol. The summed E-state index contributed by atoms with van der Waals surface area (Å²) in [5.74, 6) is -4.71. The predicted octanol–water partition coefficient (Wildman–Crippen LogP) is 7.12. The fourth-order valence-corrected chi connectivity index (χ4v) is 8.24. The number of allylic oxidation sites excluding steroid dienone is 9. The highest BCUT2D eigenvalue weighted by Crippen LogP contribution is 2.47. The van der Waals surface area contributed by atoms with Crippen molar-refractivity contribution in [2.45, 2.75) is 191 Å². The van der Waals surface area contributed by atoms with Gasteiger partial charge < -0.3 is 45.0 Å². The van der Waals surface area contributed by atoms with E-state index >= 15 is 0 Å². The molecule has 0 amide bonds. The quantitative estimate of drug-likeness (QED) is 0.0233. The van der Waals surface area contributed by atoms with Crippen LogP contribution in [-0.2, 0) is 37.5 Å². The third-order valence-corrected chi connectivity index (χ3v) is 12.2. The molecule has 0 aromatic carbocycles. The molecule has 2 rings (SSSR count). The number of rotatable bonds is 23. The molecule has 1 heterocycles. The number of ketones is 1. The van der Waals surface area contributed by atoms with Crippen molar-refractivity contribution in [1.29, 1.82) is 0 Å². The maximum Gasteiger partial charge on any atom is 0.472 e. The summed E-state index contributed by atoms with van der Waals surface area (Å²) >= 11 is 0. The highest BCUT2D eigenvalue weighted by atomic mass is 31.2. The number of fused-ring (bicyclic) bond motifs is 4. The first kappa shape index (κ1) is 58.0. The van der Waals surface area contributed by atoms with Gasteiger partial charge in [0.1, 0.15) is 31.0 Å². The van der Waals surface area contributed by atoms with Gasteiger partial charge in [0, 0.05) is 18.8 Å². The number of carbonyl (C=O) groups excluding carboxylic acids is 3. The minimum atomic E-state index is -5.43. The first-order chi connectivity index (χ1) is 31.2. The summed E-state index contributed by atoms with van der Waals surface area (Å²) in [6.07, 6.45) is 20.2. The summed E-state index contributed by atoms with van der Waals surface area (Å²) in [5, 5.41) is 66.9. The number of unbranched alkanes of at least 4 members (excludes halogenated alkanes) is 9. The molecule has 0 aromatic heterocycles. The largest absolute Gasteiger partial charge is 0.472 e. The Balaban J connectivity index is 2.12. The smallest absolute Gasteiger partial charge is 0.462 e. The number of ether oxygens (including phenoxy) is 2. The molecule has 1 unspecified atom stereocenters. The molecule has 0 fully saturated rings. The van der Waals surface area contributed by atoms with Gasteiger partial charge in [0.05, 0.1) is 30.8 Å². The van der Waals surface area contributed by atoms with E-state index in [1.54, 1.807) is 12.2 Å². The molecule has 2 aliphatic rings. The summed E-state index contributed by atoms with van der Waals surface area (Å²) < 4.78 is 34.5. The van der Waals surface area contributed by atoms with Gasteiger partial charge in [0.15, 0.2) is 11.9 Å². The van der Waals surface area contributed by atoms with Gasteiger partial charge in [0.2, 0.25) is 0 Å². The second-order valence-electron chi connectivity index (χ2n) is 16.9. The number of esters is 2. The SMILES string of the molecule is CCCCCCCC/C=C\C/C=C\C/C=C\CCCC(=O)OC[C@@H]1COP(=O)(O)O[C@H]2[C@H](O)[C@@H](O)[C@H](O)[C@H](/C=C\C(=O)[C@H](/C=C/[C@@H](O)CCCCC)[C@@H](O)[C@H]2O)C/C=C\CCCC(=O)O1. The van der Waals surface area contributed by atoms with Gasteiger partial charge >= 0.3 is 19.8 Å². The molecule has 0 radical (unpaired) electrons. The van der Waals surface area contributed by atoms with Crippen molar-refractivity contribution in [2.24, 2.45) is 11.8 Å². The van der Waals surface area contributed by atoms with Crippen LogP contribution in [0.1, 0.15) is 142 Å². The van der Waals surface area contributed by atoms with Gasteiger partial charge in [-0.15, -0.1) is 0 Å². The number of aliphatic hydroxyl groups is 6. The van der Waals surface area contributed by atoms with Crippen LogP contribution in [0.15, 0.2) is 72.9 Å². The van der Waals surface area contributed by atoms with Crippen molar-refractivity contribution < 1.29 is 73.0 Å². The number of phosphoric acid groups is 1. The van der Waals surface area contributed by atoms with E-state index in [4.69, 9.17) is 18.5 Å². The Kier molecular flexibility index (Phi) is 30.6. The summed E-state index contributed by atoms with van der Waals surface area (Å²) in [6, 6.07) is 0. The monoisotopic (exact) mass is 939 g/mol. The Labute approximate surface area is 386 Å². The van der Waals surface area contributed by atoms with E-state index in [0.717, 1.165) is 38.2 Å². The zero-order chi connectivity index (χ0) is 47.9. The van der Waals surface area contributed by atoms with Crippen LogP contribution in [0.3, 0.4) is 0 Å². The molecule has 2 bridgehead atoms. The highest BCUT2D eigenvalue weighted by molar-refractivity contribution is 7.47. The molecule has 0 aromatic rings. The zero-order valence-electron chi connectivity index (χ0n) is 38.6. The van der Waals surface area contributed by atoms with Gasteiger partial charge in [-0.25, -0.2) is 4.57 Å². The van der Waals surface area contributed by atoms with E-state index < -0.39 is 99.4 Å². The molecule has 0 saturated heterocycles. The van der Waals surface area contributed by atoms with Crippen LogP contribution in [0.4, 0.5) is 0 Å². The number of carbonyl (C=O) groups is 3. The van der Waals surface area contributed by atoms with Crippen LogP contribution in [0.2, 0.25) is 0 Å². The second kappa shape index (κ2) is 34.2. The lowest BCUT2D eigenvalue weighted by molar-refractivity contribution is -0.164. The van der Waals surface area contributed by atoms with Crippen LogP contribution in [0, 0.1) is 11.8 Å². The first-order valence-electron chi connectivity index (χ1n) is 23.8. The zero-order valence-corrected chi connectivity index (χ0v) is 39.5. The maximum atomic E-state index is 13.5. The Morgan fingerprint density at radius 2 is 1.45 bits per heavy atom. The molecule has 0 spiro atoms. The Morgan fingerprint density at radius 1 is 0.815 bits per heavy atom. The fraction of sp³-hybridized carbons (Fsp3) is 0.694. The van der Waals surface area contributed by atoms with E-state index in [2.05, 4.69) is 31.2 Å². The lowest BCUT2D eigenvalue weighted by Crippen LogP contribution is -2.55. The Bertz CT molecular complexity index is 1570. The second-order valence-corrected chi connectivity index (χ2v) is 18.3. The van der Waals surface area contributed by atoms with Gasteiger partial charge in [0.25, 0.3) is 0 Å². The molecule has 11 atom stereocenters. The molecule has 1 aliphatic heterocycles. The van der Waals surface area contributed by atoms with E-state index in [1.807, 2.05) is 19.1 Å². The number of hydrogen-bond acceptors (Lipinski definition) is 14. The number of cyclic esters (lactones) is 1. The van der Waals surface area contributed by atoms with Crippen molar-refractivity contribution in [1.82, 2.24) is 0 Å². The standard InChI is InChI=1S/C49H79O15P/c1-3-5-7-8-9-10-11-12-13-14-15-16-17-18-19-20-25-29-42(52)61-35-39-36-62-65(59,60)64-49-47(57)45(55)40(33-32-38(50)28-23-6-4-2)41(51)34-31-37(44(54)46(56)48(49)58)27-24-21-22-26-30-43(53)63-39/h12-13,15-16,18-19,21,24,31-34,37-40,44-50,54-58H,3-11,14,17,20,22-23,25-30,35-36H2,1-2H3,(H,59,60)/b13-12-,16-15-,19-18-,24-21-,33-32+,34-31-/t37-,38-,39+,40-,44+,45+,46-,47+,48+,49+/m0/s1. The van der Waals surface area contributed by atoms with Crippen molar-refractivity contribution in [3.05, 3.63) is 72.9 Å². The number of aliphatic hydroxyl groups excluding tert-OH is 6. The molecular weight excluding hydrogens is 859 g/mol. The fourth-order valence-electron chi connectivity index (χ4n) is 7.27. The Morgan fingerprint density at radius 3 is 2.15 bits per heavy atom. The van der Waals surface area contributed by atoms with Crippen molar-refractivity contribution >= 4 is 25.5 Å². The topological polar surface area (TPSA) is 247 Å². The van der Waals surface area contributed by atoms with Crippen LogP contribution in [-0.4, -0.2) is 115 Å². The van der Waals surface area contributed by atoms with Crippen molar-refractivity contribution in [2.75, 3.05) is 13.2 Å². The van der Waals surface area contributed by atoms with Gasteiger partial charge in [-0.1, -0.05) is 132 Å². The van der Waals surface area contributed by atoms with Crippen LogP contribution < -0.4 is 0 Å². The first-order valence-corrected chi connectivity index (χ1v) is 25.3. The molecule has 65 heavy (non-hydrogen) atoms. The van der Waals surface area contributed by atoms with Crippen molar-refractivity contribution in [3.63, 3.8) is 0 Å². The van der Waals surface area contributed by atoms with E-state index in [0.29, 0.717) is 38.5 Å². The minimum Gasteiger partial charge on any atom is -0.462 e. The lowest BCUT2D eigenvalue weighted by Gasteiger charge is -2.36. The lowest BCUT2D eigenvalue weighted by atomic mass is 9.87. The van der Waals surface area contributed by atoms with Crippen LogP contribution >= 0.6 is 7.82 Å². The number of hydrogen-bond donors (Lipinski definition) is 7.